The molecule has 0 bridgehead atoms. The number of fused-ring (bicyclic) bond motifs is 2. The minimum absolute atomic E-state index is 0.0571. The van der Waals surface area contributed by atoms with Gasteiger partial charge >= 0.3 is 0 Å². The maximum absolute atomic E-state index is 13.2. The minimum atomic E-state index is -0.358. The summed E-state index contributed by atoms with van der Waals surface area (Å²) in [7, 11) is 0. The van der Waals surface area contributed by atoms with Gasteiger partial charge in [0.15, 0.2) is 29.0 Å². The normalized spacial score (nSPS) is 23.9. The highest BCUT2D eigenvalue weighted by Crippen LogP contribution is 2.55. The van der Waals surface area contributed by atoms with Crippen LogP contribution in [0.5, 0.6) is 11.5 Å². The number of phenolic OH excluding ortho intramolecular Hbond substituents is 2. The van der Waals surface area contributed by atoms with Gasteiger partial charge in [0.25, 0.3) is 5.91 Å². The van der Waals surface area contributed by atoms with Gasteiger partial charge in [-0.3, -0.25) is 4.79 Å². The van der Waals surface area contributed by atoms with E-state index in [9.17, 15) is 19.4 Å². The zero-order valence-corrected chi connectivity index (χ0v) is 14.5. The van der Waals surface area contributed by atoms with Gasteiger partial charge in [-0.25, -0.2) is 9.37 Å². The smallest absolute Gasteiger partial charge is 0.258 e. The van der Waals surface area contributed by atoms with Crippen LogP contribution >= 0.6 is 0 Å². The Balaban J connectivity index is 1.57. The summed E-state index contributed by atoms with van der Waals surface area (Å²) in [6, 6.07) is 5.89. The van der Waals surface area contributed by atoms with E-state index < -0.39 is 0 Å². The fourth-order valence-electron chi connectivity index (χ4n) is 4.36. The van der Waals surface area contributed by atoms with Crippen LogP contribution < -0.4 is 0 Å². The molecular weight excluding hydrogens is 351 g/mol. The van der Waals surface area contributed by atoms with E-state index in [1.165, 1.54) is 12.1 Å². The summed E-state index contributed by atoms with van der Waals surface area (Å²) in [6.07, 6.45) is 2.48. The molecule has 3 unspecified atom stereocenters. The van der Waals surface area contributed by atoms with Crippen molar-refractivity contribution in [3.63, 3.8) is 0 Å². The summed E-state index contributed by atoms with van der Waals surface area (Å²) in [5.41, 5.74) is 1.65. The summed E-state index contributed by atoms with van der Waals surface area (Å²) in [5.74, 6) is -0.891. The number of oxazole rings is 1. The monoisotopic (exact) mass is 368 g/mol. The van der Waals surface area contributed by atoms with Crippen LogP contribution in [0.25, 0.3) is 11.1 Å². The number of phenols is 2. The highest BCUT2D eigenvalue weighted by Gasteiger charge is 2.53. The number of aromatic nitrogens is 1. The van der Waals surface area contributed by atoms with E-state index in [2.05, 4.69) is 4.98 Å². The molecule has 1 fully saturated rings. The molecule has 1 aliphatic heterocycles. The molecule has 1 aliphatic carbocycles. The largest absolute Gasteiger partial charge is 0.505 e. The van der Waals surface area contributed by atoms with Gasteiger partial charge in [0, 0.05) is 17.5 Å². The molecule has 3 aromatic rings. The lowest BCUT2D eigenvalue weighted by Gasteiger charge is -2.25. The Hall–Kier alpha value is -3.09. The summed E-state index contributed by atoms with van der Waals surface area (Å²) in [4.78, 5) is 18.8. The van der Waals surface area contributed by atoms with Gasteiger partial charge in [-0.15, -0.1) is 0 Å². The molecule has 6 nitrogen and oxygen atoms in total. The Kier molecular flexibility index (Phi) is 3.25. The zero-order valence-electron chi connectivity index (χ0n) is 14.5. The number of hydrogen-bond acceptors (Lipinski definition) is 5. The molecule has 1 amide bonds. The average Bonchev–Trinajstić information content (AvgIpc) is 3.15. The molecule has 5 rings (SSSR count). The molecule has 27 heavy (non-hydrogen) atoms. The average molecular weight is 368 g/mol. The van der Waals surface area contributed by atoms with Gasteiger partial charge in [-0.2, -0.15) is 0 Å². The third kappa shape index (κ3) is 2.11. The molecule has 2 aliphatic rings. The first kappa shape index (κ1) is 16.1. The van der Waals surface area contributed by atoms with Crippen molar-refractivity contribution in [3.05, 3.63) is 53.2 Å². The van der Waals surface area contributed by atoms with Crippen molar-refractivity contribution in [3.8, 4) is 11.5 Å². The summed E-state index contributed by atoms with van der Waals surface area (Å²) in [6.45, 7) is 1.93. The fraction of sp³-hybridized carbons (Fsp3) is 0.300. The lowest BCUT2D eigenvalue weighted by Crippen LogP contribution is -2.31. The summed E-state index contributed by atoms with van der Waals surface area (Å²) < 4.78 is 18.4. The Morgan fingerprint density at radius 2 is 2.00 bits per heavy atom. The summed E-state index contributed by atoms with van der Waals surface area (Å²) >= 11 is 0. The van der Waals surface area contributed by atoms with Gasteiger partial charge in [0.05, 0.1) is 11.6 Å². The van der Waals surface area contributed by atoms with E-state index >= 15 is 0 Å². The number of carbonyl (C=O) groups excluding carboxylic acids is 1. The van der Waals surface area contributed by atoms with Gasteiger partial charge in [0.2, 0.25) is 0 Å². The fourth-order valence-corrected chi connectivity index (χ4v) is 4.36. The highest BCUT2D eigenvalue weighted by molar-refractivity contribution is 6.08. The number of amides is 1. The number of rotatable bonds is 3. The van der Waals surface area contributed by atoms with Crippen LogP contribution in [0.15, 0.2) is 35.1 Å². The van der Waals surface area contributed by atoms with E-state index in [4.69, 9.17) is 4.42 Å². The predicted octanol–water partition coefficient (Wildman–Crippen LogP) is 3.84. The van der Waals surface area contributed by atoms with E-state index in [1.807, 2.05) is 6.92 Å². The second-order valence-electron chi connectivity index (χ2n) is 7.11. The predicted molar refractivity (Wildman–Crippen MR) is 94.1 cm³/mol. The first-order valence-corrected chi connectivity index (χ1v) is 8.92. The number of carbonyl (C=O) groups is 1. The van der Waals surface area contributed by atoms with Crippen molar-refractivity contribution in [1.29, 1.82) is 0 Å². The molecule has 0 spiro atoms. The number of nitrogens with zero attached hydrogens (tertiary/aromatic N) is 2. The van der Waals surface area contributed by atoms with Crippen LogP contribution in [0.1, 0.15) is 53.2 Å². The van der Waals surface area contributed by atoms with E-state index in [-0.39, 0.29) is 57.9 Å². The molecule has 2 N–H and O–H groups in total. The summed E-state index contributed by atoms with van der Waals surface area (Å²) in [5, 5.41) is 21.2. The SMILES string of the molecule is CCC1c2c(c(O)c3ncoc3c2O)C(=O)N1C1CC1c1ccc(F)cc1. The first-order valence-electron chi connectivity index (χ1n) is 8.92. The van der Waals surface area contributed by atoms with Gasteiger partial charge < -0.3 is 19.5 Å². The third-order valence-corrected chi connectivity index (χ3v) is 5.68. The molecule has 7 heteroatoms. The second kappa shape index (κ2) is 5.45. The van der Waals surface area contributed by atoms with Crippen LogP contribution in [0.2, 0.25) is 0 Å². The highest BCUT2D eigenvalue weighted by atomic mass is 19.1. The first-order chi connectivity index (χ1) is 13.0. The maximum Gasteiger partial charge on any atom is 0.258 e. The van der Waals surface area contributed by atoms with Crippen molar-refractivity contribution in [2.75, 3.05) is 0 Å². The van der Waals surface area contributed by atoms with Crippen molar-refractivity contribution >= 4 is 17.0 Å². The van der Waals surface area contributed by atoms with Crippen LogP contribution in [0, 0.1) is 5.82 Å². The van der Waals surface area contributed by atoms with Crippen LogP contribution in [-0.4, -0.2) is 32.0 Å². The van der Waals surface area contributed by atoms with E-state index in [0.717, 1.165) is 18.4 Å². The van der Waals surface area contributed by atoms with Crippen molar-refractivity contribution < 1.29 is 23.8 Å². The van der Waals surface area contributed by atoms with Crippen LogP contribution in [-0.2, 0) is 0 Å². The van der Waals surface area contributed by atoms with Gasteiger partial charge in [-0.1, -0.05) is 19.1 Å². The lowest BCUT2D eigenvalue weighted by atomic mass is 9.99. The van der Waals surface area contributed by atoms with Crippen molar-refractivity contribution in [2.45, 2.75) is 37.8 Å². The Morgan fingerprint density at radius 1 is 1.26 bits per heavy atom. The Morgan fingerprint density at radius 3 is 2.70 bits per heavy atom. The van der Waals surface area contributed by atoms with Crippen LogP contribution in [0.3, 0.4) is 0 Å². The Labute approximate surface area is 153 Å². The molecule has 138 valence electrons. The number of benzene rings is 2. The number of hydrogen-bond donors (Lipinski definition) is 2. The molecule has 1 aromatic heterocycles. The molecule has 0 saturated heterocycles. The van der Waals surface area contributed by atoms with Crippen LogP contribution in [0.4, 0.5) is 4.39 Å². The molecule has 1 saturated carbocycles. The minimum Gasteiger partial charge on any atom is -0.505 e. The molecular formula is C20H17FN2O4. The Bertz CT molecular complexity index is 1080. The van der Waals surface area contributed by atoms with E-state index in [1.54, 1.807) is 17.0 Å². The third-order valence-electron chi connectivity index (χ3n) is 5.68. The number of halogens is 1. The molecule has 3 atom stereocenters. The molecule has 0 radical (unpaired) electrons. The van der Waals surface area contributed by atoms with Gasteiger partial charge in [0.1, 0.15) is 5.82 Å². The number of aromatic hydroxyl groups is 2. The maximum atomic E-state index is 13.2. The standard InChI is InChI=1S/C20H17FN2O4/c1-2-12-14-15(17(24)16-19(18(14)25)27-8-22-16)20(26)23(12)13-7-11(13)9-3-5-10(21)6-4-9/h3-6,8,11-13,24-25H,2,7H2,1H3. The lowest BCUT2D eigenvalue weighted by molar-refractivity contribution is 0.0699. The van der Waals surface area contributed by atoms with Crippen molar-refractivity contribution in [2.24, 2.45) is 0 Å². The van der Waals surface area contributed by atoms with E-state index in [0.29, 0.717) is 12.0 Å². The van der Waals surface area contributed by atoms with Crippen molar-refractivity contribution in [1.82, 2.24) is 9.88 Å². The topological polar surface area (TPSA) is 86.8 Å². The second-order valence-corrected chi connectivity index (χ2v) is 7.11. The molecule has 2 aromatic carbocycles. The quantitative estimate of drug-likeness (QED) is 0.686. The van der Waals surface area contributed by atoms with Gasteiger partial charge in [-0.05, 0) is 30.5 Å². The zero-order chi connectivity index (χ0) is 18.9. The molecule has 2 heterocycles.